The van der Waals surface area contributed by atoms with Crippen LogP contribution < -0.4 is 0 Å². The van der Waals surface area contributed by atoms with E-state index < -0.39 is 30.0 Å². The third-order valence-electron chi connectivity index (χ3n) is 8.29. The summed E-state index contributed by atoms with van der Waals surface area (Å²) in [5.74, 6) is -0.327. The number of hydrogen-bond acceptors (Lipinski definition) is 5. The minimum atomic E-state index is -4.98. The molecule has 0 spiro atoms. The van der Waals surface area contributed by atoms with Crippen molar-refractivity contribution in [2.45, 2.75) is 62.7 Å². The molecule has 2 aromatic carbocycles. The summed E-state index contributed by atoms with van der Waals surface area (Å²) >= 11 is 0.890. The van der Waals surface area contributed by atoms with E-state index in [4.69, 9.17) is 0 Å². The van der Waals surface area contributed by atoms with Crippen LogP contribution in [0.25, 0.3) is 17.0 Å². The van der Waals surface area contributed by atoms with E-state index >= 15 is 0 Å². The summed E-state index contributed by atoms with van der Waals surface area (Å²) in [7, 11) is 2.09. The van der Waals surface area contributed by atoms with Gasteiger partial charge in [0.15, 0.2) is 0 Å². The van der Waals surface area contributed by atoms with Crippen molar-refractivity contribution in [3.05, 3.63) is 69.8 Å². The van der Waals surface area contributed by atoms with Crippen molar-refractivity contribution in [1.29, 1.82) is 0 Å². The van der Waals surface area contributed by atoms with Gasteiger partial charge >= 0.3 is 12.4 Å². The fraction of sp³-hybridized carbons (Fsp3) is 0.393. The fourth-order valence-electron chi connectivity index (χ4n) is 6.18. The van der Waals surface area contributed by atoms with Gasteiger partial charge in [0, 0.05) is 23.5 Å². The lowest BCUT2D eigenvalue weighted by Gasteiger charge is -2.39. The zero-order chi connectivity index (χ0) is 29.3. The highest BCUT2D eigenvalue weighted by Gasteiger charge is 2.47. The van der Waals surface area contributed by atoms with Gasteiger partial charge in [-0.2, -0.15) is 31.4 Å². The Kier molecular flexibility index (Phi) is 6.72. The molecule has 2 bridgehead atoms. The summed E-state index contributed by atoms with van der Waals surface area (Å²) < 4.78 is 81.2. The van der Waals surface area contributed by atoms with Crippen LogP contribution in [-0.2, 0) is 23.7 Å². The predicted molar refractivity (Wildman–Crippen MR) is 141 cm³/mol. The highest BCUT2D eigenvalue weighted by molar-refractivity contribution is 8.18. The van der Waals surface area contributed by atoms with Crippen LogP contribution in [0.15, 0.2) is 47.5 Å². The molecule has 3 fully saturated rings. The number of halogens is 6. The van der Waals surface area contributed by atoms with Crippen molar-refractivity contribution < 1.29 is 35.9 Å². The monoisotopic (exact) mass is 594 g/mol. The number of aromatic nitrogens is 2. The van der Waals surface area contributed by atoms with Crippen molar-refractivity contribution in [2.75, 3.05) is 7.05 Å². The predicted octanol–water partition coefficient (Wildman–Crippen LogP) is 6.78. The summed E-state index contributed by atoms with van der Waals surface area (Å²) in [4.78, 5) is 30.1. The molecule has 13 heteroatoms. The number of alkyl halides is 6. The Bertz CT molecular complexity index is 1570. The second-order valence-corrected chi connectivity index (χ2v) is 11.7. The van der Waals surface area contributed by atoms with Crippen LogP contribution >= 0.6 is 11.8 Å². The van der Waals surface area contributed by atoms with Gasteiger partial charge in [-0.05, 0) is 86.0 Å². The van der Waals surface area contributed by atoms with E-state index in [-0.39, 0.29) is 28.8 Å². The normalized spacial score (nSPS) is 24.8. The summed E-state index contributed by atoms with van der Waals surface area (Å²) in [5.41, 5.74) is -2.03. The van der Waals surface area contributed by atoms with E-state index in [2.05, 4.69) is 17.0 Å². The van der Waals surface area contributed by atoms with Crippen LogP contribution in [-0.4, -0.2) is 55.9 Å². The van der Waals surface area contributed by atoms with E-state index in [0.29, 0.717) is 39.5 Å². The SMILES string of the molecule is CN1[C@@H]2CC[C@H]1CC(N1C(=O)S/C(=C\c3ccc4c(cnn4Cc4ccc(C(F)(F)F)cc4C(F)(F)F)c3)C1=O)C2. The highest BCUT2D eigenvalue weighted by atomic mass is 32.2. The van der Waals surface area contributed by atoms with Gasteiger partial charge in [-0.1, -0.05) is 12.1 Å². The van der Waals surface area contributed by atoms with Gasteiger partial charge in [-0.3, -0.25) is 19.2 Å². The number of carbonyl (C=O) groups is 2. The van der Waals surface area contributed by atoms with E-state index in [9.17, 15) is 35.9 Å². The smallest absolute Gasteiger partial charge is 0.300 e. The zero-order valence-corrected chi connectivity index (χ0v) is 22.5. The van der Waals surface area contributed by atoms with E-state index in [1.807, 2.05) is 0 Å². The minimum absolute atomic E-state index is 0.114. The van der Waals surface area contributed by atoms with Crippen molar-refractivity contribution in [3.8, 4) is 0 Å². The second kappa shape index (κ2) is 9.90. The molecule has 3 saturated heterocycles. The van der Waals surface area contributed by atoms with Gasteiger partial charge in [-0.15, -0.1) is 0 Å². The molecule has 3 aromatic rings. The van der Waals surface area contributed by atoms with Crippen molar-refractivity contribution >= 4 is 39.9 Å². The standard InChI is InChI=1S/C28H24F6N4O2S/c1-36-19-5-6-20(36)12-21(11-19)38-25(39)24(41-26(38)40)9-15-2-7-23-17(8-15)13-35-37(23)14-16-3-4-18(27(29,30)31)10-22(16)28(32,33)34/h2-4,7-10,13,19-21H,5-6,11-12,14H2,1H3/b24-9-/t19-,20+,21?. The van der Waals surface area contributed by atoms with Gasteiger partial charge < -0.3 is 4.90 Å². The molecule has 0 N–H and O–H groups in total. The number of hydrogen-bond donors (Lipinski definition) is 0. The first-order valence-electron chi connectivity index (χ1n) is 13.0. The lowest BCUT2D eigenvalue weighted by molar-refractivity contribution is -0.143. The van der Waals surface area contributed by atoms with E-state index in [1.165, 1.54) is 15.8 Å². The zero-order valence-electron chi connectivity index (χ0n) is 21.7. The minimum Gasteiger partial charge on any atom is -0.300 e. The number of thioether (sulfide) groups is 1. The molecule has 41 heavy (non-hydrogen) atoms. The molecule has 3 aliphatic heterocycles. The Hall–Kier alpha value is -3.32. The van der Waals surface area contributed by atoms with E-state index in [0.717, 1.165) is 43.5 Å². The molecule has 1 aromatic heterocycles. The average Bonchev–Trinajstić information content (AvgIpc) is 3.46. The quantitative estimate of drug-likeness (QED) is 0.246. The third kappa shape index (κ3) is 5.14. The molecule has 4 heterocycles. The van der Waals surface area contributed by atoms with Crippen molar-refractivity contribution in [1.82, 2.24) is 19.6 Å². The van der Waals surface area contributed by atoms with Crippen LogP contribution in [0.2, 0.25) is 0 Å². The third-order valence-corrected chi connectivity index (χ3v) is 9.17. The summed E-state index contributed by atoms with van der Waals surface area (Å²) in [5, 5.41) is 4.42. The number of carbonyl (C=O) groups excluding carboxylic acids is 2. The first-order valence-corrected chi connectivity index (χ1v) is 13.8. The molecule has 2 amide bonds. The first-order chi connectivity index (χ1) is 19.3. The van der Waals surface area contributed by atoms with Gasteiger partial charge in [0.05, 0.1) is 34.3 Å². The fourth-order valence-corrected chi connectivity index (χ4v) is 7.08. The molecule has 0 saturated carbocycles. The topological polar surface area (TPSA) is 58.4 Å². The molecular weight excluding hydrogens is 570 g/mol. The maximum Gasteiger partial charge on any atom is 0.416 e. The Morgan fingerprint density at radius 1 is 0.951 bits per heavy atom. The summed E-state index contributed by atoms with van der Waals surface area (Å²) in [6, 6.07) is 7.12. The molecule has 0 aliphatic carbocycles. The second-order valence-electron chi connectivity index (χ2n) is 10.7. The lowest BCUT2D eigenvalue weighted by atomic mass is 9.96. The van der Waals surface area contributed by atoms with Crippen LogP contribution in [0.1, 0.15) is 47.9 Å². The number of benzene rings is 2. The maximum atomic E-state index is 13.6. The van der Waals surface area contributed by atoms with Gasteiger partial charge in [0.25, 0.3) is 11.1 Å². The number of amides is 2. The van der Waals surface area contributed by atoms with Crippen molar-refractivity contribution in [3.63, 3.8) is 0 Å². The van der Waals surface area contributed by atoms with Gasteiger partial charge in [0.2, 0.25) is 0 Å². The van der Waals surface area contributed by atoms with Crippen LogP contribution in [0, 0.1) is 0 Å². The number of fused-ring (bicyclic) bond motifs is 3. The first kappa shape index (κ1) is 27.8. The van der Waals surface area contributed by atoms with Crippen LogP contribution in [0.5, 0.6) is 0 Å². The maximum absolute atomic E-state index is 13.6. The molecule has 216 valence electrons. The summed E-state index contributed by atoms with van der Waals surface area (Å²) in [6.07, 6.45) is -3.19. The van der Waals surface area contributed by atoms with Gasteiger partial charge in [0.1, 0.15) is 0 Å². The Morgan fingerprint density at radius 3 is 2.32 bits per heavy atom. The van der Waals surface area contributed by atoms with Crippen LogP contribution in [0.3, 0.4) is 0 Å². The number of imide groups is 1. The van der Waals surface area contributed by atoms with Crippen molar-refractivity contribution in [2.24, 2.45) is 0 Å². The molecule has 3 atom stereocenters. The number of piperidine rings is 1. The molecule has 1 unspecified atom stereocenters. The molecule has 6 rings (SSSR count). The molecule has 0 radical (unpaired) electrons. The van der Waals surface area contributed by atoms with Gasteiger partial charge in [-0.25, -0.2) is 0 Å². The molecular formula is C28H24F6N4O2S. The van der Waals surface area contributed by atoms with Crippen LogP contribution in [0.4, 0.5) is 31.1 Å². The summed E-state index contributed by atoms with van der Waals surface area (Å²) in [6.45, 7) is -0.396. The molecule has 6 nitrogen and oxygen atoms in total. The average molecular weight is 595 g/mol. The molecule has 3 aliphatic rings. The van der Waals surface area contributed by atoms with E-state index in [1.54, 1.807) is 24.3 Å². The largest absolute Gasteiger partial charge is 0.416 e. The Labute approximate surface area is 235 Å². The Balaban J connectivity index is 1.23. The lowest BCUT2D eigenvalue weighted by Crippen LogP contribution is -2.50. The number of rotatable bonds is 4. The highest BCUT2D eigenvalue weighted by Crippen LogP contribution is 2.42. The Morgan fingerprint density at radius 2 is 1.66 bits per heavy atom. The number of nitrogens with zero attached hydrogens (tertiary/aromatic N) is 4.